The van der Waals surface area contributed by atoms with Gasteiger partial charge in [0, 0.05) is 18.1 Å². The summed E-state index contributed by atoms with van der Waals surface area (Å²) in [6, 6.07) is 13.0. The second-order valence-corrected chi connectivity index (χ2v) is 8.75. The standard InChI is InChI=1S/C25H33ClN2O2/c1-6-23(25(30)27-15-17(2)3)28(16-20-9-11-22(26)12-10-20)24(29)14-21-13-18(4)7-8-19(21)5/h7-13,17,23H,6,14-16H2,1-5H3,(H,27,30)/t23-/m0/s1. The highest BCUT2D eigenvalue weighted by atomic mass is 35.5. The fourth-order valence-electron chi connectivity index (χ4n) is 3.38. The summed E-state index contributed by atoms with van der Waals surface area (Å²) in [4.78, 5) is 28.0. The van der Waals surface area contributed by atoms with Gasteiger partial charge in [0.05, 0.1) is 6.42 Å². The van der Waals surface area contributed by atoms with Crippen LogP contribution in [0.2, 0.25) is 5.02 Å². The zero-order chi connectivity index (χ0) is 22.3. The number of nitrogens with zero attached hydrogens (tertiary/aromatic N) is 1. The third-order valence-electron chi connectivity index (χ3n) is 5.18. The highest BCUT2D eigenvalue weighted by Crippen LogP contribution is 2.18. The highest BCUT2D eigenvalue weighted by molar-refractivity contribution is 6.30. The lowest BCUT2D eigenvalue weighted by Gasteiger charge is -2.31. The maximum Gasteiger partial charge on any atom is 0.242 e. The van der Waals surface area contributed by atoms with Crippen LogP contribution >= 0.6 is 11.6 Å². The van der Waals surface area contributed by atoms with Crippen LogP contribution in [0.4, 0.5) is 0 Å². The van der Waals surface area contributed by atoms with Crippen molar-refractivity contribution in [2.45, 2.75) is 60.0 Å². The van der Waals surface area contributed by atoms with Crippen molar-refractivity contribution in [2.75, 3.05) is 6.54 Å². The minimum atomic E-state index is -0.517. The van der Waals surface area contributed by atoms with Gasteiger partial charge in [-0.3, -0.25) is 9.59 Å². The molecule has 0 bridgehead atoms. The van der Waals surface area contributed by atoms with Crippen molar-refractivity contribution in [2.24, 2.45) is 5.92 Å². The first-order valence-electron chi connectivity index (χ1n) is 10.6. The number of hydrogen-bond acceptors (Lipinski definition) is 2. The van der Waals surface area contributed by atoms with Crippen LogP contribution in [0.25, 0.3) is 0 Å². The van der Waals surface area contributed by atoms with Crippen molar-refractivity contribution in [3.05, 3.63) is 69.7 Å². The van der Waals surface area contributed by atoms with Gasteiger partial charge < -0.3 is 10.2 Å². The fraction of sp³-hybridized carbons (Fsp3) is 0.440. The number of benzene rings is 2. The molecule has 0 saturated heterocycles. The van der Waals surface area contributed by atoms with Gasteiger partial charge in [-0.1, -0.05) is 68.3 Å². The van der Waals surface area contributed by atoms with Crippen LogP contribution in [-0.4, -0.2) is 29.3 Å². The van der Waals surface area contributed by atoms with E-state index in [1.807, 2.05) is 63.2 Å². The normalized spacial score (nSPS) is 12.0. The van der Waals surface area contributed by atoms with Crippen LogP contribution in [0.1, 0.15) is 49.4 Å². The predicted octanol–water partition coefficient (Wildman–Crippen LogP) is 5.08. The molecular weight excluding hydrogens is 396 g/mol. The van der Waals surface area contributed by atoms with E-state index >= 15 is 0 Å². The molecule has 2 aromatic carbocycles. The average molecular weight is 429 g/mol. The molecule has 162 valence electrons. The number of rotatable bonds is 9. The third-order valence-corrected chi connectivity index (χ3v) is 5.43. The van der Waals surface area contributed by atoms with Gasteiger partial charge in [0.1, 0.15) is 6.04 Å². The second-order valence-electron chi connectivity index (χ2n) is 8.32. The number of amides is 2. The van der Waals surface area contributed by atoms with E-state index in [-0.39, 0.29) is 18.2 Å². The molecule has 0 saturated carbocycles. The number of nitrogens with one attached hydrogen (secondary N) is 1. The van der Waals surface area contributed by atoms with Gasteiger partial charge in [-0.2, -0.15) is 0 Å². The van der Waals surface area contributed by atoms with Crippen LogP contribution in [0.3, 0.4) is 0 Å². The molecule has 2 rings (SSSR count). The summed E-state index contributed by atoms with van der Waals surface area (Å²) >= 11 is 6.02. The van der Waals surface area contributed by atoms with E-state index in [4.69, 9.17) is 11.6 Å². The van der Waals surface area contributed by atoms with E-state index in [2.05, 4.69) is 19.2 Å². The van der Waals surface area contributed by atoms with Gasteiger partial charge in [-0.05, 0) is 55.0 Å². The van der Waals surface area contributed by atoms with Gasteiger partial charge in [0.15, 0.2) is 0 Å². The maximum atomic E-state index is 13.4. The van der Waals surface area contributed by atoms with E-state index < -0.39 is 6.04 Å². The Kier molecular flexibility index (Phi) is 8.91. The number of carbonyl (C=O) groups excluding carboxylic acids is 2. The zero-order valence-electron chi connectivity index (χ0n) is 18.7. The lowest BCUT2D eigenvalue weighted by molar-refractivity contribution is -0.141. The first kappa shape index (κ1) is 23.9. The quantitative estimate of drug-likeness (QED) is 0.605. The van der Waals surface area contributed by atoms with Crippen molar-refractivity contribution in [3.8, 4) is 0 Å². The van der Waals surface area contributed by atoms with Crippen LogP contribution in [0.5, 0.6) is 0 Å². The van der Waals surface area contributed by atoms with Crippen LogP contribution < -0.4 is 5.32 Å². The minimum Gasteiger partial charge on any atom is -0.354 e. The fourth-order valence-corrected chi connectivity index (χ4v) is 3.51. The van der Waals surface area contributed by atoms with Crippen molar-refractivity contribution >= 4 is 23.4 Å². The molecule has 1 N–H and O–H groups in total. The lowest BCUT2D eigenvalue weighted by atomic mass is 10.0. The predicted molar refractivity (Wildman–Crippen MR) is 124 cm³/mol. The van der Waals surface area contributed by atoms with Crippen LogP contribution in [0, 0.1) is 19.8 Å². The first-order valence-corrected chi connectivity index (χ1v) is 11.0. The summed E-state index contributed by atoms with van der Waals surface area (Å²) < 4.78 is 0. The van der Waals surface area contributed by atoms with Crippen LogP contribution in [0.15, 0.2) is 42.5 Å². The molecule has 2 amide bonds. The summed E-state index contributed by atoms with van der Waals surface area (Å²) in [7, 11) is 0. The van der Waals surface area contributed by atoms with Gasteiger partial charge in [0.25, 0.3) is 0 Å². The van der Waals surface area contributed by atoms with E-state index in [1.54, 1.807) is 4.90 Å². The molecule has 5 heteroatoms. The van der Waals surface area contributed by atoms with E-state index in [1.165, 1.54) is 0 Å². The number of aryl methyl sites for hydroxylation is 2. The molecule has 0 fully saturated rings. The SMILES string of the molecule is CC[C@@H](C(=O)NCC(C)C)N(Cc1ccc(Cl)cc1)C(=O)Cc1cc(C)ccc1C. The molecule has 30 heavy (non-hydrogen) atoms. The lowest BCUT2D eigenvalue weighted by Crippen LogP contribution is -2.50. The zero-order valence-corrected chi connectivity index (χ0v) is 19.4. The van der Waals surface area contributed by atoms with Crippen LogP contribution in [-0.2, 0) is 22.6 Å². The molecule has 4 nitrogen and oxygen atoms in total. The van der Waals surface area contributed by atoms with Gasteiger partial charge in [-0.15, -0.1) is 0 Å². The summed E-state index contributed by atoms with van der Waals surface area (Å²) in [5, 5.41) is 3.64. The number of carbonyl (C=O) groups is 2. The Morgan fingerprint density at radius 3 is 2.33 bits per heavy atom. The van der Waals surface area contributed by atoms with E-state index in [9.17, 15) is 9.59 Å². The Hall–Kier alpha value is -2.33. The molecule has 1 atom stereocenters. The largest absolute Gasteiger partial charge is 0.354 e. The summed E-state index contributed by atoms with van der Waals surface area (Å²) in [5.41, 5.74) is 4.15. The smallest absolute Gasteiger partial charge is 0.242 e. The third kappa shape index (κ3) is 6.88. The molecule has 0 spiro atoms. The molecule has 2 aromatic rings. The minimum absolute atomic E-state index is 0.0507. The molecule has 0 aliphatic heterocycles. The van der Waals surface area contributed by atoms with Gasteiger partial charge >= 0.3 is 0 Å². The Bertz CT molecular complexity index is 862. The Balaban J connectivity index is 2.30. The molecule has 0 radical (unpaired) electrons. The van der Waals surface area contributed by atoms with Crippen molar-refractivity contribution in [1.29, 1.82) is 0 Å². The summed E-state index contributed by atoms with van der Waals surface area (Å²) in [6.45, 7) is 11.0. The van der Waals surface area contributed by atoms with Crippen molar-refractivity contribution in [3.63, 3.8) is 0 Å². The Morgan fingerprint density at radius 1 is 1.07 bits per heavy atom. The van der Waals surface area contributed by atoms with Crippen molar-refractivity contribution < 1.29 is 9.59 Å². The molecule has 0 unspecified atom stereocenters. The number of hydrogen-bond donors (Lipinski definition) is 1. The number of halogens is 1. The molecular formula is C25H33ClN2O2. The maximum absolute atomic E-state index is 13.4. The van der Waals surface area contributed by atoms with Gasteiger partial charge in [-0.25, -0.2) is 0 Å². The highest BCUT2D eigenvalue weighted by Gasteiger charge is 2.28. The Morgan fingerprint density at radius 2 is 1.73 bits per heavy atom. The second kappa shape index (κ2) is 11.2. The molecule has 0 aliphatic carbocycles. The Labute approximate surface area is 185 Å². The monoisotopic (exact) mass is 428 g/mol. The average Bonchev–Trinajstić information content (AvgIpc) is 2.70. The van der Waals surface area contributed by atoms with E-state index in [0.717, 1.165) is 22.3 Å². The molecule has 0 aliphatic rings. The summed E-state index contributed by atoms with van der Waals surface area (Å²) in [5.74, 6) is 0.196. The topological polar surface area (TPSA) is 49.4 Å². The van der Waals surface area contributed by atoms with Crippen molar-refractivity contribution in [1.82, 2.24) is 10.2 Å². The first-order chi connectivity index (χ1) is 14.2. The molecule has 0 aromatic heterocycles. The summed E-state index contributed by atoms with van der Waals surface area (Å²) in [6.07, 6.45) is 0.825. The van der Waals surface area contributed by atoms with Gasteiger partial charge in [0.2, 0.25) is 11.8 Å². The van der Waals surface area contributed by atoms with E-state index in [0.29, 0.717) is 30.5 Å². The molecule has 0 heterocycles.